The van der Waals surface area contributed by atoms with Crippen molar-refractivity contribution >= 4 is 51.0 Å². The molecule has 3 aromatic rings. The van der Waals surface area contributed by atoms with Crippen molar-refractivity contribution in [1.29, 1.82) is 0 Å². The maximum Gasteiger partial charge on any atom is 0.328 e. The van der Waals surface area contributed by atoms with Gasteiger partial charge in [0.1, 0.15) is 0 Å². The fourth-order valence-corrected chi connectivity index (χ4v) is 3.84. The zero-order chi connectivity index (χ0) is 22.4. The van der Waals surface area contributed by atoms with Gasteiger partial charge in [-0.05, 0) is 60.2 Å². The number of carboxylic acids is 1. The van der Waals surface area contributed by atoms with Gasteiger partial charge in [0, 0.05) is 16.8 Å². The number of hydrogen-bond donors (Lipinski definition) is 3. The molecule has 3 aromatic carbocycles. The van der Waals surface area contributed by atoms with Gasteiger partial charge in [0.2, 0.25) is 0 Å². The van der Waals surface area contributed by atoms with E-state index in [2.05, 4.69) is 10.0 Å². The first-order valence-corrected chi connectivity index (χ1v) is 10.8. The summed E-state index contributed by atoms with van der Waals surface area (Å²) < 4.78 is 28.0. The van der Waals surface area contributed by atoms with Crippen molar-refractivity contribution in [1.82, 2.24) is 0 Å². The monoisotopic (exact) mass is 456 g/mol. The third kappa shape index (κ3) is 5.94. The van der Waals surface area contributed by atoms with Crippen molar-refractivity contribution in [3.8, 4) is 0 Å². The van der Waals surface area contributed by atoms with Crippen LogP contribution in [0.25, 0.3) is 6.08 Å². The van der Waals surface area contributed by atoms with Crippen LogP contribution in [0.4, 0.5) is 11.4 Å². The topological polar surface area (TPSA) is 113 Å². The zero-order valence-electron chi connectivity index (χ0n) is 15.9. The highest BCUT2D eigenvalue weighted by Crippen LogP contribution is 2.22. The number of amides is 1. The molecule has 0 spiro atoms. The predicted octanol–water partition coefficient (Wildman–Crippen LogP) is 4.49. The molecule has 0 aliphatic heterocycles. The van der Waals surface area contributed by atoms with Crippen LogP contribution in [0.2, 0.25) is 5.02 Å². The molecule has 0 aromatic heterocycles. The van der Waals surface area contributed by atoms with Crippen LogP contribution in [-0.2, 0) is 14.8 Å². The average molecular weight is 457 g/mol. The van der Waals surface area contributed by atoms with E-state index in [0.717, 1.165) is 6.08 Å². The fraction of sp³-hybridized carbons (Fsp3) is 0. The van der Waals surface area contributed by atoms with E-state index in [1.54, 1.807) is 36.4 Å². The summed E-state index contributed by atoms with van der Waals surface area (Å²) in [4.78, 5) is 23.2. The highest BCUT2D eigenvalue weighted by atomic mass is 35.5. The Hall–Kier alpha value is -3.62. The van der Waals surface area contributed by atoms with E-state index in [-0.39, 0.29) is 16.1 Å². The van der Waals surface area contributed by atoms with E-state index in [1.165, 1.54) is 42.5 Å². The summed E-state index contributed by atoms with van der Waals surface area (Å²) >= 11 is 5.84. The largest absolute Gasteiger partial charge is 0.478 e. The first kappa shape index (κ1) is 22.1. The quantitative estimate of drug-likeness (QED) is 0.453. The Morgan fingerprint density at radius 3 is 2.19 bits per heavy atom. The molecule has 0 aliphatic rings. The summed E-state index contributed by atoms with van der Waals surface area (Å²) in [7, 11) is -3.98. The Morgan fingerprint density at radius 1 is 0.903 bits per heavy atom. The van der Waals surface area contributed by atoms with Crippen LogP contribution < -0.4 is 10.0 Å². The standard InChI is InChI=1S/C22H17ClN2O5S/c23-16-8-10-17(11-9-16)24-22(28)19-3-1-2-4-20(19)25-31(29,30)18-12-5-15(6-13-18)7-14-21(26)27/h1-14,25H,(H,24,28)(H,26,27). The van der Waals surface area contributed by atoms with Gasteiger partial charge in [0.25, 0.3) is 15.9 Å². The van der Waals surface area contributed by atoms with Crippen LogP contribution >= 0.6 is 11.6 Å². The lowest BCUT2D eigenvalue weighted by Crippen LogP contribution is -2.18. The Bertz CT molecular complexity index is 1240. The van der Waals surface area contributed by atoms with Gasteiger partial charge in [0.05, 0.1) is 16.1 Å². The van der Waals surface area contributed by atoms with Gasteiger partial charge in [0.15, 0.2) is 0 Å². The van der Waals surface area contributed by atoms with Gasteiger partial charge >= 0.3 is 5.97 Å². The van der Waals surface area contributed by atoms with Gasteiger partial charge in [-0.3, -0.25) is 9.52 Å². The molecule has 0 heterocycles. The maximum absolute atomic E-state index is 12.8. The third-order valence-corrected chi connectivity index (χ3v) is 5.76. The third-order valence-electron chi connectivity index (χ3n) is 4.13. The molecule has 0 fully saturated rings. The van der Waals surface area contributed by atoms with Crippen LogP contribution in [0.15, 0.2) is 83.8 Å². The van der Waals surface area contributed by atoms with Crippen LogP contribution in [0.3, 0.4) is 0 Å². The van der Waals surface area contributed by atoms with Crippen LogP contribution in [-0.4, -0.2) is 25.4 Å². The average Bonchev–Trinajstić information content (AvgIpc) is 2.74. The molecule has 158 valence electrons. The van der Waals surface area contributed by atoms with Crippen LogP contribution in [0.1, 0.15) is 15.9 Å². The molecule has 3 rings (SSSR count). The number of nitrogens with one attached hydrogen (secondary N) is 2. The number of para-hydroxylation sites is 1. The summed E-state index contributed by atoms with van der Waals surface area (Å²) in [5.41, 5.74) is 1.30. The van der Waals surface area contributed by atoms with Crippen molar-refractivity contribution in [2.75, 3.05) is 10.0 Å². The number of sulfonamides is 1. The molecule has 7 nitrogen and oxygen atoms in total. The molecule has 0 radical (unpaired) electrons. The second kappa shape index (κ2) is 9.46. The van der Waals surface area contributed by atoms with E-state index in [9.17, 15) is 18.0 Å². The molecule has 0 atom stereocenters. The van der Waals surface area contributed by atoms with Crippen molar-refractivity contribution in [3.05, 3.63) is 95.0 Å². The molecule has 0 unspecified atom stereocenters. The first-order chi connectivity index (χ1) is 14.7. The molecule has 31 heavy (non-hydrogen) atoms. The van der Waals surface area contributed by atoms with Gasteiger partial charge in [-0.2, -0.15) is 0 Å². The Balaban J connectivity index is 1.81. The summed E-state index contributed by atoms with van der Waals surface area (Å²) in [6, 6.07) is 18.4. The number of carboxylic acid groups (broad SMARTS) is 1. The lowest BCUT2D eigenvalue weighted by molar-refractivity contribution is -0.131. The normalized spacial score (nSPS) is 11.3. The lowest BCUT2D eigenvalue weighted by Gasteiger charge is -2.13. The molecule has 0 saturated carbocycles. The lowest BCUT2D eigenvalue weighted by atomic mass is 10.1. The number of rotatable bonds is 7. The van der Waals surface area contributed by atoms with Crippen molar-refractivity contribution in [2.24, 2.45) is 0 Å². The van der Waals surface area contributed by atoms with Crippen molar-refractivity contribution in [3.63, 3.8) is 0 Å². The minimum Gasteiger partial charge on any atom is -0.478 e. The molecular weight excluding hydrogens is 440 g/mol. The van der Waals surface area contributed by atoms with E-state index >= 15 is 0 Å². The highest BCUT2D eigenvalue weighted by molar-refractivity contribution is 7.92. The minimum absolute atomic E-state index is 0.0344. The number of aliphatic carboxylic acids is 1. The van der Waals surface area contributed by atoms with Gasteiger partial charge in [-0.25, -0.2) is 13.2 Å². The predicted molar refractivity (Wildman–Crippen MR) is 120 cm³/mol. The molecule has 0 bridgehead atoms. The fourth-order valence-electron chi connectivity index (χ4n) is 2.63. The molecular formula is C22H17ClN2O5S. The summed E-state index contributed by atoms with van der Waals surface area (Å²) in [5, 5.41) is 11.9. The molecule has 0 aliphatic carbocycles. The number of halogens is 1. The Morgan fingerprint density at radius 2 is 1.55 bits per heavy atom. The number of hydrogen-bond acceptors (Lipinski definition) is 4. The Kier molecular flexibility index (Phi) is 6.74. The summed E-state index contributed by atoms with van der Waals surface area (Å²) in [6.07, 6.45) is 2.31. The second-order valence-corrected chi connectivity index (χ2v) is 8.47. The molecule has 9 heteroatoms. The number of carbonyl (C=O) groups is 2. The zero-order valence-corrected chi connectivity index (χ0v) is 17.5. The van der Waals surface area contributed by atoms with E-state index in [0.29, 0.717) is 16.3 Å². The second-order valence-electron chi connectivity index (χ2n) is 6.35. The minimum atomic E-state index is -3.98. The molecule has 3 N–H and O–H groups in total. The van der Waals surface area contributed by atoms with Crippen molar-refractivity contribution in [2.45, 2.75) is 4.90 Å². The number of anilines is 2. The van der Waals surface area contributed by atoms with Gasteiger partial charge < -0.3 is 10.4 Å². The van der Waals surface area contributed by atoms with E-state index in [1.807, 2.05) is 0 Å². The van der Waals surface area contributed by atoms with Gasteiger partial charge in [-0.15, -0.1) is 0 Å². The smallest absolute Gasteiger partial charge is 0.328 e. The van der Waals surface area contributed by atoms with Crippen molar-refractivity contribution < 1.29 is 23.1 Å². The molecule has 1 amide bonds. The first-order valence-electron chi connectivity index (χ1n) is 8.94. The highest BCUT2D eigenvalue weighted by Gasteiger charge is 2.18. The molecule has 0 saturated heterocycles. The van der Waals surface area contributed by atoms with Crippen LogP contribution in [0, 0.1) is 0 Å². The summed E-state index contributed by atoms with van der Waals surface area (Å²) in [5.74, 6) is -1.60. The van der Waals surface area contributed by atoms with Gasteiger partial charge in [-0.1, -0.05) is 35.9 Å². The maximum atomic E-state index is 12.8. The number of carbonyl (C=O) groups excluding carboxylic acids is 1. The van der Waals surface area contributed by atoms with Crippen LogP contribution in [0.5, 0.6) is 0 Å². The Labute approximate surface area is 184 Å². The SMILES string of the molecule is O=C(O)C=Cc1ccc(S(=O)(=O)Nc2ccccc2C(=O)Nc2ccc(Cl)cc2)cc1. The van der Waals surface area contributed by atoms with E-state index in [4.69, 9.17) is 16.7 Å². The van der Waals surface area contributed by atoms with E-state index < -0.39 is 21.9 Å². The number of benzene rings is 3. The summed E-state index contributed by atoms with van der Waals surface area (Å²) in [6.45, 7) is 0.